The molecular formula is C18H17NO5. The Morgan fingerprint density at radius 1 is 1.33 bits per heavy atom. The van der Waals surface area contributed by atoms with Crippen LogP contribution in [-0.2, 0) is 0 Å². The molecule has 124 valence electrons. The lowest BCUT2D eigenvalue weighted by atomic mass is 10.1. The summed E-state index contributed by atoms with van der Waals surface area (Å²) in [4.78, 5) is 11.1. The number of ketones is 1. The number of phenols is 1. The van der Waals surface area contributed by atoms with Crippen LogP contribution in [0.1, 0.15) is 29.8 Å². The van der Waals surface area contributed by atoms with Gasteiger partial charge in [0.25, 0.3) is 0 Å². The average Bonchev–Trinajstić information content (AvgIpc) is 3.17. The fourth-order valence-corrected chi connectivity index (χ4v) is 1.98. The molecule has 3 rings (SSSR count). The molecule has 0 aliphatic carbocycles. The molecule has 0 aliphatic heterocycles. The third-order valence-corrected chi connectivity index (χ3v) is 3.14. The van der Waals surface area contributed by atoms with E-state index in [1.165, 1.54) is 19.1 Å². The van der Waals surface area contributed by atoms with Gasteiger partial charge in [-0.25, -0.2) is 0 Å². The van der Waals surface area contributed by atoms with Gasteiger partial charge in [-0.2, -0.15) is 5.26 Å². The first-order valence-electron chi connectivity index (χ1n) is 7.27. The first kappa shape index (κ1) is 17.3. The van der Waals surface area contributed by atoms with Crippen LogP contribution in [0.25, 0.3) is 11.2 Å². The van der Waals surface area contributed by atoms with E-state index in [4.69, 9.17) is 19.5 Å². The molecule has 0 amide bonds. The minimum absolute atomic E-state index is 0.0631. The Morgan fingerprint density at radius 3 is 2.54 bits per heavy atom. The number of Topliss-reactive ketones (excluding diaryl/α,β-unsaturated/α-hetero) is 1. The molecule has 1 aromatic carbocycles. The van der Waals surface area contributed by atoms with Gasteiger partial charge in [-0.15, -0.1) is 0 Å². The summed E-state index contributed by atoms with van der Waals surface area (Å²) in [6, 6.07) is 11.8. The number of fused-ring (bicyclic) bond motifs is 2. The molecule has 2 aromatic heterocycles. The first-order valence-corrected chi connectivity index (χ1v) is 7.27. The molecular weight excluding hydrogens is 310 g/mol. The Labute approximate surface area is 138 Å². The number of furan rings is 2. The zero-order chi connectivity index (χ0) is 17.7. The highest BCUT2D eigenvalue weighted by molar-refractivity contribution is 5.97. The number of phenolic OH excluding ortho intramolecular Hbond substituents is 1. The van der Waals surface area contributed by atoms with E-state index in [0.29, 0.717) is 16.9 Å². The first-order chi connectivity index (χ1) is 11.4. The molecule has 0 aliphatic rings. The van der Waals surface area contributed by atoms with Gasteiger partial charge < -0.3 is 19.4 Å². The molecule has 3 aromatic rings. The van der Waals surface area contributed by atoms with Crippen molar-refractivity contribution in [3.8, 4) is 17.6 Å². The molecule has 0 saturated heterocycles. The normalized spacial score (nSPS) is 11.4. The second-order valence-electron chi connectivity index (χ2n) is 5.27. The van der Waals surface area contributed by atoms with Crippen LogP contribution in [0.3, 0.4) is 0 Å². The standard InChI is InChI=1S/C11H14O4.C7H3NO/c1-7(12)6-15-9-3-4-11(14)10(5-9)8(2)13;8-4-5-3-6-1-2-7(5)9-6/h3-5,7,12,14H,6H2,1-2H3;1-3H. The lowest BCUT2D eigenvalue weighted by molar-refractivity contribution is 0.101. The van der Waals surface area contributed by atoms with E-state index >= 15 is 0 Å². The number of rotatable bonds is 4. The van der Waals surface area contributed by atoms with Crippen molar-refractivity contribution in [3.63, 3.8) is 0 Å². The van der Waals surface area contributed by atoms with Gasteiger partial charge >= 0.3 is 0 Å². The van der Waals surface area contributed by atoms with E-state index in [9.17, 15) is 9.90 Å². The van der Waals surface area contributed by atoms with Gasteiger partial charge in [-0.3, -0.25) is 4.79 Å². The molecule has 0 saturated carbocycles. The zero-order valence-electron chi connectivity index (χ0n) is 13.3. The van der Waals surface area contributed by atoms with Crippen molar-refractivity contribution in [2.45, 2.75) is 20.0 Å². The smallest absolute Gasteiger partial charge is 0.163 e. The van der Waals surface area contributed by atoms with E-state index in [0.717, 1.165) is 5.58 Å². The second-order valence-corrected chi connectivity index (χ2v) is 5.27. The predicted octanol–water partition coefficient (Wildman–Crippen LogP) is 3.10. The van der Waals surface area contributed by atoms with Gasteiger partial charge in [0.1, 0.15) is 35.3 Å². The van der Waals surface area contributed by atoms with Gasteiger partial charge in [0, 0.05) is 6.07 Å². The fraction of sp³-hybridized carbons (Fsp3) is 0.222. The molecule has 0 radical (unpaired) electrons. The van der Waals surface area contributed by atoms with Crippen molar-refractivity contribution in [1.82, 2.24) is 0 Å². The molecule has 1 atom stereocenters. The van der Waals surface area contributed by atoms with Crippen LogP contribution in [0.2, 0.25) is 0 Å². The number of benzene rings is 2. The third kappa shape index (κ3) is 4.24. The van der Waals surface area contributed by atoms with Gasteiger partial charge in [-0.1, -0.05) is 0 Å². The van der Waals surface area contributed by atoms with E-state index in [2.05, 4.69) is 0 Å². The van der Waals surface area contributed by atoms with Crippen LogP contribution in [0, 0.1) is 11.3 Å². The van der Waals surface area contributed by atoms with Crippen molar-refractivity contribution in [1.29, 1.82) is 5.26 Å². The number of hydrogen-bond donors (Lipinski definition) is 2. The summed E-state index contributed by atoms with van der Waals surface area (Å²) in [5, 5.41) is 26.8. The van der Waals surface area contributed by atoms with Gasteiger partial charge in [0.15, 0.2) is 5.78 Å². The number of aliphatic hydroxyl groups excluding tert-OH is 1. The number of hydrogen-bond acceptors (Lipinski definition) is 6. The SMILES string of the molecule is CC(=O)c1cc(OCC(C)O)ccc1O.N#Cc1cc2ccc1o2. The van der Waals surface area contributed by atoms with E-state index in [1.54, 1.807) is 25.1 Å². The summed E-state index contributed by atoms with van der Waals surface area (Å²) in [5.41, 5.74) is 2.32. The third-order valence-electron chi connectivity index (χ3n) is 3.14. The highest BCUT2D eigenvalue weighted by Gasteiger charge is 2.08. The Balaban J connectivity index is 0.000000194. The Hall–Kier alpha value is -3.04. The lowest BCUT2D eigenvalue weighted by Crippen LogP contribution is -2.12. The summed E-state index contributed by atoms with van der Waals surface area (Å²) in [6.07, 6.45) is -0.570. The number of ether oxygens (including phenoxy) is 1. The minimum atomic E-state index is -0.570. The maximum atomic E-state index is 11.1. The second kappa shape index (κ2) is 7.49. The maximum absolute atomic E-state index is 11.1. The van der Waals surface area contributed by atoms with Crippen molar-refractivity contribution in [3.05, 3.63) is 47.5 Å². The van der Waals surface area contributed by atoms with Crippen LogP contribution < -0.4 is 4.74 Å². The number of aromatic hydroxyl groups is 1. The summed E-state index contributed by atoms with van der Waals surface area (Å²) in [5.74, 6) is 0.167. The fourth-order valence-electron chi connectivity index (χ4n) is 1.98. The van der Waals surface area contributed by atoms with Gasteiger partial charge in [-0.05, 0) is 44.2 Å². The molecule has 2 heterocycles. The lowest BCUT2D eigenvalue weighted by Gasteiger charge is -2.09. The number of aliphatic hydroxyl groups is 1. The van der Waals surface area contributed by atoms with Crippen LogP contribution in [-0.4, -0.2) is 28.7 Å². The van der Waals surface area contributed by atoms with Crippen molar-refractivity contribution >= 4 is 16.9 Å². The van der Waals surface area contributed by atoms with Crippen LogP contribution in [0.5, 0.6) is 11.5 Å². The molecule has 1 unspecified atom stereocenters. The number of nitrogens with zero attached hydrogens (tertiary/aromatic N) is 1. The summed E-state index contributed by atoms with van der Waals surface area (Å²) < 4.78 is 10.3. The average molecular weight is 327 g/mol. The van der Waals surface area contributed by atoms with Crippen LogP contribution >= 0.6 is 0 Å². The highest BCUT2D eigenvalue weighted by atomic mass is 16.5. The quantitative estimate of drug-likeness (QED) is 0.714. The molecule has 6 heteroatoms. The van der Waals surface area contributed by atoms with E-state index < -0.39 is 6.10 Å². The van der Waals surface area contributed by atoms with Gasteiger partial charge in [0.05, 0.1) is 17.2 Å². The van der Waals surface area contributed by atoms with Gasteiger partial charge in [0.2, 0.25) is 0 Å². The molecule has 24 heavy (non-hydrogen) atoms. The summed E-state index contributed by atoms with van der Waals surface area (Å²) >= 11 is 0. The van der Waals surface area contributed by atoms with Crippen molar-refractivity contribution in [2.75, 3.05) is 6.61 Å². The summed E-state index contributed by atoms with van der Waals surface area (Å²) in [6.45, 7) is 3.13. The minimum Gasteiger partial charge on any atom is -0.507 e. The summed E-state index contributed by atoms with van der Waals surface area (Å²) in [7, 11) is 0. The van der Waals surface area contributed by atoms with Crippen LogP contribution in [0.15, 0.2) is 40.8 Å². The van der Waals surface area contributed by atoms with Crippen molar-refractivity contribution < 1.29 is 24.2 Å². The van der Waals surface area contributed by atoms with E-state index in [-0.39, 0.29) is 23.7 Å². The Bertz CT molecular complexity index is 860. The molecule has 6 nitrogen and oxygen atoms in total. The molecule has 0 spiro atoms. The topological polar surface area (TPSA) is 104 Å². The number of carbonyl (C=O) groups is 1. The highest BCUT2D eigenvalue weighted by Crippen LogP contribution is 2.23. The monoisotopic (exact) mass is 327 g/mol. The zero-order valence-corrected chi connectivity index (χ0v) is 13.3. The van der Waals surface area contributed by atoms with E-state index in [1.807, 2.05) is 12.1 Å². The largest absolute Gasteiger partial charge is 0.507 e. The molecule has 0 fully saturated rings. The number of nitriles is 1. The number of carbonyl (C=O) groups excluding carboxylic acids is 1. The van der Waals surface area contributed by atoms with Crippen molar-refractivity contribution in [2.24, 2.45) is 0 Å². The Morgan fingerprint density at radius 2 is 2.08 bits per heavy atom. The molecule has 2 N–H and O–H groups in total. The van der Waals surface area contributed by atoms with Crippen LogP contribution in [0.4, 0.5) is 0 Å². The Kier molecular flexibility index (Phi) is 5.40. The molecule has 2 bridgehead atoms. The maximum Gasteiger partial charge on any atom is 0.163 e. The predicted molar refractivity (Wildman–Crippen MR) is 87.4 cm³/mol.